The molecule has 0 fully saturated rings. The van der Waals surface area contributed by atoms with Crippen LogP contribution in [0.5, 0.6) is 11.5 Å². The van der Waals surface area contributed by atoms with Gasteiger partial charge in [-0.05, 0) is 53.9 Å². The van der Waals surface area contributed by atoms with Gasteiger partial charge in [0.25, 0.3) is 0 Å². The Bertz CT molecular complexity index is 812. The van der Waals surface area contributed by atoms with Gasteiger partial charge in [-0.1, -0.05) is 0 Å². The highest BCUT2D eigenvalue weighted by Gasteiger charge is 2.07. The van der Waals surface area contributed by atoms with Crippen LogP contribution in [0.1, 0.15) is 0 Å². The number of anilines is 2. The lowest BCUT2D eigenvalue weighted by Gasteiger charge is -2.06. The number of aromatic hydroxyl groups is 1. The Morgan fingerprint density at radius 2 is 1.86 bits per heavy atom. The lowest BCUT2D eigenvalue weighted by atomic mass is 10.2. The van der Waals surface area contributed by atoms with Crippen molar-refractivity contribution in [2.75, 3.05) is 17.7 Å². The Morgan fingerprint density at radius 3 is 2.59 bits per heavy atom. The molecule has 1 heterocycles. The molecule has 0 bridgehead atoms. The quantitative estimate of drug-likeness (QED) is 0.676. The third-order valence-corrected chi connectivity index (χ3v) is 4.10. The maximum absolute atomic E-state index is 12.0. The molecule has 1 aromatic heterocycles. The van der Waals surface area contributed by atoms with Crippen molar-refractivity contribution in [3.8, 4) is 11.5 Å². The third kappa shape index (κ3) is 3.12. The van der Waals surface area contributed by atoms with E-state index in [-0.39, 0.29) is 11.8 Å². The molecule has 0 radical (unpaired) electrons. The third-order valence-electron chi connectivity index (χ3n) is 3.09. The van der Waals surface area contributed by atoms with Gasteiger partial charge in [0.05, 0.1) is 12.1 Å². The molecule has 5 nitrogen and oxygen atoms in total. The average Bonchev–Trinajstić information content (AvgIpc) is 2.89. The molecule has 0 saturated carbocycles. The van der Waals surface area contributed by atoms with Crippen LogP contribution in [0.3, 0.4) is 0 Å². The highest BCUT2D eigenvalue weighted by atomic mass is 32.1. The molecule has 0 spiro atoms. The molecule has 2 amide bonds. The van der Waals surface area contributed by atoms with E-state index in [9.17, 15) is 9.90 Å². The fourth-order valence-corrected chi connectivity index (χ4v) is 3.02. The summed E-state index contributed by atoms with van der Waals surface area (Å²) in [6.07, 6.45) is 0. The maximum atomic E-state index is 12.0. The molecular weight excluding hydrogens is 300 g/mol. The molecule has 3 rings (SSSR count). The van der Waals surface area contributed by atoms with Crippen LogP contribution >= 0.6 is 11.3 Å². The maximum Gasteiger partial charge on any atom is 0.324 e. The number of fused-ring (bicyclic) bond motifs is 1. The molecule has 0 atom stereocenters. The molecule has 0 unspecified atom stereocenters. The number of carbonyl (C=O) groups excluding carboxylic acids is 1. The smallest absolute Gasteiger partial charge is 0.324 e. The van der Waals surface area contributed by atoms with Crippen LogP contribution in [0.25, 0.3) is 10.1 Å². The number of hydrogen-bond acceptors (Lipinski definition) is 4. The SMILES string of the molecule is COc1ccc(NC(=O)Nc2cc3ccc(O)cc3s2)cc1. The summed E-state index contributed by atoms with van der Waals surface area (Å²) in [4.78, 5) is 12.0. The molecule has 2 aromatic carbocycles. The first kappa shape index (κ1) is 14.2. The van der Waals surface area contributed by atoms with Crippen LogP contribution in [0, 0.1) is 0 Å². The Kier molecular flexibility index (Phi) is 3.84. The topological polar surface area (TPSA) is 70.6 Å². The molecule has 0 aliphatic heterocycles. The Labute approximate surface area is 131 Å². The number of amides is 2. The Hall–Kier alpha value is -2.73. The predicted octanol–water partition coefficient (Wildman–Crippen LogP) is 4.26. The summed E-state index contributed by atoms with van der Waals surface area (Å²) in [5.74, 6) is 0.943. The zero-order chi connectivity index (χ0) is 15.5. The normalized spacial score (nSPS) is 10.4. The zero-order valence-electron chi connectivity index (χ0n) is 11.8. The number of thiophene rings is 1. The van der Waals surface area contributed by atoms with Crippen LogP contribution in [0.15, 0.2) is 48.5 Å². The number of benzene rings is 2. The number of phenols is 1. The van der Waals surface area contributed by atoms with Crippen LogP contribution in [-0.4, -0.2) is 18.2 Å². The number of urea groups is 1. The van der Waals surface area contributed by atoms with Crippen molar-refractivity contribution in [2.24, 2.45) is 0 Å². The molecule has 112 valence electrons. The summed E-state index contributed by atoms with van der Waals surface area (Å²) >= 11 is 1.40. The van der Waals surface area contributed by atoms with Crippen molar-refractivity contribution in [2.45, 2.75) is 0 Å². The van der Waals surface area contributed by atoms with Gasteiger partial charge in [-0.2, -0.15) is 0 Å². The van der Waals surface area contributed by atoms with Crippen molar-refractivity contribution in [3.05, 3.63) is 48.5 Å². The first-order valence-electron chi connectivity index (χ1n) is 6.59. The summed E-state index contributed by atoms with van der Waals surface area (Å²) < 4.78 is 5.98. The molecule has 0 aliphatic carbocycles. The van der Waals surface area contributed by atoms with E-state index in [1.807, 2.05) is 12.1 Å². The van der Waals surface area contributed by atoms with Crippen molar-refractivity contribution in [1.82, 2.24) is 0 Å². The van der Waals surface area contributed by atoms with Gasteiger partial charge in [0.15, 0.2) is 0 Å². The van der Waals surface area contributed by atoms with Crippen molar-refractivity contribution >= 4 is 38.1 Å². The van der Waals surface area contributed by atoms with Gasteiger partial charge in [0, 0.05) is 10.4 Å². The second-order valence-electron chi connectivity index (χ2n) is 4.64. The second-order valence-corrected chi connectivity index (χ2v) is 5.72. The van der Waals surface area contributed by atoms with E-state index in [1.165, 1.54) is 11.3 Å². The lowest BCUT2D eigenvalue weighted by molar-refractivity contribution is 0.262. The summed E-state index contributed by atoms with van der Waals surface area (Å²) in [5.41, 5.74) is 0.678. The number of phenolic OH excluding ortho intramolecular Hbond substituents is 1. The first-order chi connectivity index (χ1) is 10.6. The van der Waals surface area contributed by atoms with E-state index in [0.29, 0.717) is 10.7 Å². The monoisotopic (exact) mass is 314 g/mol. The number of hydrogen-bond donors (Lipinski definition) is 3. The molecule has 0 saturated heterocycles. The van der Waals surface area contributed by atoms with Gasteiger partial charge < -0.3 is 15.2 Å². The van der Waals surface area contributed by atoms with Gasteiger partial charge in [-0.25, -0.2) is 4.79 Å². The molecule has 0 aliphatic rings. The molecule has 6 heteroatoms. The van der Waals surface area contributed by atoms with Crippen LogP contribution in [0.4, 0.5) is 15.5 Å². The number of ether oxygens (including phenoxy) is 1. The van der Waals surface area contributed by atoms with E-state index in [0.717, 1.165) is 15.8 Å². The van der Waals surface area contributed by atoms with Crippen LogP contribution in [0.2, 0.25) is 0 Å². The fourth-order valence-electron chi connectivity index (χ4n) is 2.03. The Balaban J connectivity index is 1.69. The van der Waals surface area contributed by atoms with Gasteiger partial charge in [0.2, 0.25) is 0 Å². The standard InChI is InChI=1S/C16H14N2O3S/c1-21-13-6-3-11(4-7-13)17-16(20)18-15-8-10-2-5-12(19)9-14(10)22-15/h2-9,19H,1H3,(H2,17,18,20). The summed E-state index contributed by atoms with van der Waals surface area (Å²) in [6.45, 7) is 0. The highest BCUT2D eigenvalue weighted by Crippen LogP contribution is 2.32. The summed E-state index contributed by atoms with van der Waals surface area (Å²) in [7, 11) is 1.59. The Morgan fingerprint density at radius 1 is 1.09 bits per heavy atom. The van der Waals surface area contributed by atoms with Gasteiger partial charge in [-0.15, -0.1) is 11.3 Å². The highest BCUT2D eigenvalue weighted by molar-refractivity contribution is 7.23. The number of carbonyl (C=O) groups is 1. The summed E-state index contributed by atoms with van der Waals surface area (Å²) in [6, 6.07) is 13.7. The van der Waals surface area contributed by atoms with E-state index in [2.05, 4.69) is 10.6 Å². The minimum Gasteiger partial charge on any atom is -0.508 e. The largest absolute Gasteiger partial charge is 0.508 e. The van der Waals surface area contributed by atoms with Gasteiger partial charge in [-0.3, -0.25) is 5.32 Å². The predicted molar refractivity (Wildman–Crippen MR) is 89.1 cm³/mol. The second kappa shape index (κ2) is 5.95. The van der Waals surface area contributed by atoms with Crippen molar-refractivity contribution in [1.29, 1.82) is 0 Å². The van der Waals surface area contributed by atoms with Gasteiger partial charge >= 0.3 is 6.03 Å². The molecule has 22 heavy (non-hydrogen) atoms. The molecular formula is C16H14N2O3S. The molecule has 3 aromatic rings. The average molecular weight is 314 g/mol. The number of methoxy groups -OCH3 is 1. The minimum absolute atomic E-state index is 0.212. The van der Waals surface area contributed by atoms with E-state index in [4.69, 9.17) is 4.74 Å². The van der Waals surface area contributed by atoms with Gasteiger partial charge in [0.1, 0.15) is 11.5 Å². The van der Waals surface area contributed by atoms with Crippen LogP contribution < -0.4 is 15.4 Å². The lowest BCUT2D eigenvalue weighted by Crippen LogP contribution is -2.18. The number of rotatable bonds is 3. The first-order valence-corrected chi connectivity index (χ1v) is 7.40. The van der Waals surface area contributed by atoms with Crippen molar-refractivity contribution < 1.29 is 14.6 Å². The fraction of sp³-hybridized carbons (Fsp3) is 0.0625. The summed E-state index contributed by atoms with van der Waals surface area (Å²) in [5, 5.41) is 16.7. The minimum atomic E-state index is -0.319. The molecule has 3 N–H and O–H groups in total. The van der Waals surface area contributed by atoms with E-state index < -0.39 is 0 Å². The zero-order valence-corrected chi connectivity index (χ0v) is 12.6. The van der Waals surface area contributed by atoms with E-state index >= 15 is 0 Å². The van der Waals surface area contributed by atoms with Crippen LogP contribution in [-0.2, 0) is 0 Å². The number of nitrogens with one attached hydrogen (secondary N) is 2. The van der Waals surface area contributed by atoms with E-state index in [1.54, 1.807) is 43.5 Å². The van der Waals surface area contributed by atoms with Crippen molar-refractivity contribution in [3.63, 3.8) is 0 Å².